The van der Waals surface area contributed by atoms with Crippen LogP contribution < -0.4 is 0 Å². The van der Waals surface area contributed by atoms with Gasteiger partial charge in [-0.25, -0.2) is 4.98 Å². The summed E-state index contributed by atoms with van der Waals surface area (Å²) in [7, 11) is 0. The van der Waals surface area contributed by atoms with E-state index in [1.54, 1.807) is 0 Å². The summed E-state index contributed by atoms with van der Waals surface area (Å²) in [6.07, 6.45) is 9.24. The first-order chi connectivity index (χ1) is 12.7. The molecular formula is C21H27N3O2. The van der Waals surface area contributed by atoms with E-state index in [-0.39, 0.29) is 12.5 Å². The van der Waals surface area contributed by atoms with E-state index in [1.807, 2.05) is 35.4 Å². The average molecular weight is 353 g/mol. The van der Waals surface area contributed by atoms with Gasteiger partial charge in [-0.15, -0.1) is 0 Å². The van der Waals surface area contributed by atoms with Crippen LogP contribution in [0.5, 0.6) is 0 Å². The van der Waals surface area contributed by atoms with Crippen molar-refractivity contribution in [2.24, 2.45) is 5.92 Å². The summed E-state index contributed by atoms with van der Waals surface area (Å²) in [5.74, 6) is 2.51. The summed E-state index contributed by atoms with van der Waals surface area (Å²) in [4.78, 5) is 19.4. The minimum atomic E-state index is 0.0372. The lowest BCUT2D eigenvalue weighted by Gasteiger charge is -2.33. The summed E-state index contributed by atoms with van der Waals surface area (Å²) >= 11 is 0. The number of likely N-dealkylation sites (tertiary alicyclic amines) is 1. The monoisotopic (exact) mass is 353 g/mol. The van der Waals surface area contributed by atoms with Crippen LogP contribution in [0.15, 0.2) is 36.7 Å². The van der Waals surface area contributed by atoms with Crippen LogP contribution in [-0.4, -0.2) is 38.6 Å². The maximum atomic E-state index is 12.8. The maximum Gasteiger partial charge on any atom is 0.227 e. The highest BCUT2D eigenvalue weighted by Gasteiger charge is 2.29. The molecule has 26 heavy (non-hydrogen) atoms. The van der Waals surface area contributed by atoms with Gasteiger partial charge in [0.05, 0.1) is 13.0 Å². The van der Waals surface area contributed by atoms with Crippen LogP contribution in [0, 0.1) is 5.92 Å². The number of aromatic nitrogens is 2. The molecular weight excluding hydrogens is 326 g/mol. The van der Waals surface area contributed by atoms with E-state index in [2.05, 4.69) is 15.7 Å². The Balaban J connectivity index is 1.39. The summed E-state index contributed by atoms with van der Waals surface area (Å²) < 4.78 is 2.31. The van der Waals surface area contributed by atoms with Gasteiger partial charge in [0.1, 0.15) is 5.82 Å². The molecule has 1 N–H and O–H groups in total. The first-order valence-corrected chi connectivity index (χ1v) is 9.70. The zero-order valence-corrected chi connectivity index (χ0v) is 15.2. The molecule has 5 nitrogen and oxygen atoms in total. The Hall–Kier alpha value is -2.14. The minimum absolute atomic E-state index is 0.0372. The van der Waals surface area contributed by atoms with E-state index >= 15 is 0 Å². The van der Waals surface area contributed by atoms with Crippen molar-refractivity contribution >= 4 is 5.91 Å². The smallest absolute Gasteiger partial charge is 0.227 e. The predicted molar refractivity (Wildman–Crippen MR) is 99.6 cm³/mol. The first-order valence-electron chi connectivity index (χ1n) is 9.70. The third kappa shape index (κ3) is 3.98. The van der Waals surface area contributed by atoms with Crippen molar-refractivity contribution in [1.29, 1.82) is 0 Å². The number of nitrogens with zero attached hydrogens (tertiary/aromatic N) is 3. The summed E-state index contributed by atoms with van der Waals surface area (Å²) in [6.45, 7) is 2.73. The summed E-state index contributed by atoms with van der Waals surface area (Å²) in [5, 5.41) is 9.13. The zero-order chi connectivity index (χ0) is 17.9. The number of aliphatic hydroxyl groups excluding tert-OH is 1. The Kier molecular flexibility index (Phi) is 5.07. The van der Waals surface area contributed by atoms with E-state index < -0.39 is 0 Å². The molecule has 4 rings (SSSR count). The van der Waals surface area contributed by atoms with Crippen molar-refractivity contribution < 1.29 is 9.90 Å². The lowest BCUT2D eigenvalue weighted by molar-refractivity contribution is -0.131. The third-order valence-electron chi connectivity index (χ3n) is 5.60. The highest BCUT2D eigenvalue weighted by Crippen LogP contribution is 2.33. The molecule has 5 heteroatoms. The molecule has 2 aromatic rings. The molecule has 1 aromatic heterocycles. The molecule has 1 aromatic carbocycles. The largest absolute Gasteiger partial charge is 0.392 e. The van der Waals surface area contributed by atoms with E-state index in [0.29, 0.717) is 12.3 Å². The molecule has 1 aliphatic heterocycles. The highest BCUT2D eigenvalue weighted by atomic mass is 16.3. The lowest BCUT2D eigenvalue weighted by atomic mass is 9.96. The van der Waals surface area contributed by atoms with Gasteiger partial charge < -0.3 is 14.6 Å². The molecule has 1 aliphatic carbocycles. The fourth-order valence-corrected chi connectivity index (χ4v) is 3.88. The van der Waals surface area contributed by atoms with Gasteiger partial charge in [0, 0.05) is 37.9 Å². The predicted octanol–water partition coefficient (Wildman–Crippen LogP) is 2.73. The Labute approximate surface area is 154 Å². The maximum absolute atomic E-state index is 12.8. The molecule has 1 atom stereocenters. The Morgan fingerprint density at radius 1 is 1.15 bits per heavy atom. The normalized spacial score (nSPS) is 20.3. The van der Waals surface area contributed by atoms with Crippen molar-refractivity contribution in [3.63, 3.8) is 0 Å². The lowest BCUT2D eigenvalue weighted by Crippen LogP contribution is -2.40. The molecule has 0 unspecified atom stereocenters. The van der Waals surface area contributed by atoms with Crippen LogP contribution in [-0.2, 0) is 24.4 Å². The molecule has 138 valence electrons. The van der Waals surface area contributed by atoms with Crippen molar-refractivity contribution in [3.05, 3.63) is 53.6 Å². The molecule has 0 spiro atoms. The fraction of sp³-hybridized carbons (Fsp3) is 0.524. The minimum Gasteiger partial charge on any atom is -0.392 e. The number of aliphatic hydroxyl groups is 1. The van der Waals surface area contributed by atoms with Crippen LogP contribution in [0.3, 0.4) is 0 Å². The van der Waals surface area contributed by atoms with E-state index in [0.717, 1.165) is 55.3 Å². The molecule has 0 radical (unpaired) electrons. The fourth-order valence-electron chi connectivity index (χ4n) is 3.88. The van der Waals surface area contributed by atoms with Gasteiger partial charge in [0.15, 0.2) is 0 Å². The Morgan fingerprint density at radius 2 is 1.92 bits per heavy atom. The number of benzene rings is 1. The number of hydrogen-bond donors (Lipinski definition) is 1. The Bertz CT molecular complexity index is 749. The van der Waals surface area contributed by atoms with Crippen molar-refractivity contribution in [1.82, 2.24) is 14.5 Å². The molecule has 1 saturated heterocycles. The second-order valence-corrected chi connectivity index (χ2v) is 7.71. The number of hydrogen-bond acceptors (Lipinski definition) is 3. The molecule has 1 saturated carbocycles. The number of amides is 1. The topological polar surface area (TPSA) is 58.4 Å². The molecule has 2 aliphatic rings. The SMILES string of the molecule is O=C(Cc1ccc(CO)cc1)N1CCC[C@H](c2nccn2CC2CC2)C1. The highest BCUT2D eigenvalue weighted by molar-refractivity contribution is 5.79. The quantitative estimate of drug-likeness (QED) is 0.869. The second-order valence-electron chi connectivity index (χ2n) is 7.71. The van der Waals surface area contributed by atoms with Crippen LogP contribution >= 0.6 is 0 Å². The van der Waals surface area contributed by atoms with Crippen molar-refractivity contribution in [3.8, 4) is 0 Å². The molecule has 0 bridgehead atoms. The first kappa shape index (κ1) is 17.3. The number of imidazole rings is 1. The van der Waals surface area contributed by atoms with E-state index in [4.69, 9.17) is 5.11 Å². The van der Waals surface area contributed by atoms with Gasteiger partial charge in [-0.05, 0) is 42.7 Å². The van der Waals surface area contributed by atoms with Crippen LogP contribution in [0.25, 0.3) is 0 Å². The van der Waals surface area contributed by atoms with Gasteiger partial charge >= 0.3 is 0 Å². The Morgan fingerprint density at radius 3 is 2.65 bits per heavy atom. The summed E-state index contributed by atoms with van der Waals surface area (Å²) in [5.41, 5.74) is 1.88. The van der Waals surface area contributed by atoms with Gasteiger partial charge in [0.2, 0.25) is 5.91 Å². The number of carbonyl (C=O) groups excluding carboxylic acids is 1. The third-order valence-corrected chi connectivity index (χ3v) is 5.60. The molecule has 2 fully saturated rings. The number of carbonyl (C=O) groups is 1. The van der Waals surface area contributed by atoms with Gasteiger partial charge in [-0.3, -0.25) is 4.79 Å². The second kappa shape index (κ2) is 7.62. The van der Waals surface area contributed by atoms with E-state index in [1.165, 1.54) is 12.8 Å². The van der Waals surface area contributed by atoms with Gasteiger partial charge in [-0.2, -0.15) is 0 Å². The molecule has 2 heterocycles. The zero-order valence-electron chi connectivity index (χ0n) is 15.2. The van der Waals surface area contributed by atoms with Crippen molar-refractivity contribution in [2.75, 3.05) is 13.1 Å². The van der Waals surface area contributed by atoms with Gasteiger partial charge in [-0.1, -0.05) is 24.3 Å². The van der Waals surface area contributed by atoms with Crippen LogP contribution in [0.1, 0.15) is 48.6 Å². The van der Waals surface area contributed by atoms with Crippen LogP contribution in [0.2, 0.25) is 0 Å². The number of piperidine rings is 1. The summed E-state index contributed by atoms with van der Waals surface area (Å²) in [6, 6.07) is 7.65. The van der Waals surface area contributed by atoms with Gasteiger partial charge in [0.25, 0.3) is 0 Å². The number of rotatable bonds is 6. The van der Waals surface area contributed by atoms with Crippen molar-refractivity contribution in [2.45, 2.75) is 51.2 Å². The standard InChI is InChI=1S/C21H27N3O2/c25-15-18-7-3-16(4-8-18)12-20(26)23-10-1-2-19(14-23)21-22-9-11-24(21)13-17-5-6-17/h3-4,7-9,11,17,19,25H,1-2,5-6,10,12-15H2/t19-/m0/s1. The molecule has 1 amide bonds. The average Bonchev–Trinajstić information content (AvgIpc) is 3.37. The van der Waals surface area contributed by atoms with Crippen LogP contribution in [0.4, 0.5) is 0 Å². The van der Waals surface area contributed by atoms with E-state index in [9.17, 15) is 4.79 Å².